The van der Waals surface area contributed by atoms with Gasteiger partial charge in [0.05, 0.1) is 5.69 Å². The molecule has 0 aromatic heterocycles. The van der Waals surface area contributed by atoms with Gasteiger partial charge >= 0.3 is 0 Å². The fourth-order valence-corrected chi connectivity index (χ4v) is 3.84. The van der Waals surface area contributed by atoms with Crippen molar-refractivity contribution in [3.8, 4) is 0 Å². The summed E-state index contributed by atoms with van der Waals surface area (Å²) in [6.07, 6.45) is 1.23. The second kappa shape index (κ2) is 9.07. The predicted molar refractivity (Wildman–Crippen MR) is 114 cm³/mol. The molecular formula is C23H27F2N3O. The van der Waals surface area contributed by atoms with Crippen molar-refractivity contribution in [1.82, 2.24) is 4.90 Å². The number of nitrogens with two attached hydrogens (primary N) is 1. The summed E-state index contributed by atoms with van der Waals surface area (Å²) in [5.41, 5.74) is 8.71. The van der Waals surface area contributed by atoms with Crippen LogP contribution in [0.1, 0.15) is 32.3 Å². The Bertz CT molecular complexity index is 912. The van der Waals surface area contributed by atoms with Crippen LogP contribution in [0.25, 0.3) is 5.57 Å². The molecule has 1 amide bonds. The van der Waals surface area contributed by atoms with Gasteiger partial charge in [0.25, 0.3) is 5.91 Å². The van der Waals surface area contributed by atoms with Gasteiger partial charge in [-0.05, 0) is 62.6 Å². The van der Waals surface area contributed by atoms with Gasteiger partial charge in [-0.15, -0.1) is 0 Å². The minimum absolute atomic E-state index is 0.0808. The highest BCUT2D eigenvalue weighted by Crippen LogP contribution is 2.32. The van der Waals surface area contributed by atoms with Gasteiger partial charge in [-0.25, -0.2) is 8.78 Å². The van der Waals surface area contributed by atoms with Gasteiger partial charge in [0, 0.05) is 37.4 Å². The maximum atomic E-state index is 14.3. The summed E-state index contributed by atoms with van der Waals surface area (Å²) in [5, 5.41) is 0. The topological polar surface area (TPSA) is 49.6 Å². The molecule has 2 aromatic carbocycles. The first-order valence-electron chi connectivity index (χ1n) is 10.0. The molecule has 3 rings (SSSR count). The minimum atomic E-state index is -0.366. The molecule has 2 N–H and O–H groups in total. The lowest BCUT2D eigenvalue weighted by Gasteiger charge is -2.32. The van der Waals surface area contributed by atoms with E-state index in [9.17, 15) is 13.6 Å². The van der Waals surface area contributed by atoms with Crippen LogP contribution in [0.4, 0.5) is 20.2 Å². The molecule has 154 valence electrons. The number of rotatable bonds is 5. The van der Waals surface area contributed by atoms with Gasteiger partial charge in [0.15, 0.2) is 0 Å². The van der Waals surface area contributed by atoms with Crippen LogP contribution in [0, 0.1) is 11.6 Å². The number of benzene rings is 2. The van der Waals surface area contributed by atoms with Crippen molar-refractivity contribution >= 4 is 22.9 Å². The fraction of sp³-hybridized carbons (Fsp3) is 0.348. The van der Waals surface area contributed by atoms with Crippen LogP contribution >= 0.6 is 0 Å². The molecular weight excluding hydrogens is 372 g/mol. The summed E-state index contributed by atoms with van der Waals surface area (Å²) in [4.78, 5) is 16.9. The van der Waals surface area contributed by atoms with Gasteiger partial charge in [-0.1, -0.05) is 17.7 Å². The van der Waals surface area contributed by atoms with E-state index < -0.39 is 0 Å². The summed E-state index contributed by atoms with van der Waals surface area (Å²) in [6, 6.07) is 10.9. The number of hydrogen-bond acceptors (Lipinski definition) is 3. The number of likely N-dealkylation sites (N-methyl/N-ethyl adjacent to an activating group) is 1. The number of nitrogen functional groups attached to an aromatic ring is 1. The Labute approximate surface area is 170 Å². The summed E-state index contributed by atoms with van der Waals surface area (Å²) >= 11 is 0. The maximum Gasteiger partial charge on any atom is 0.254 e. The highest BCUT2D eigenvalue weighted by molar-refractivity contribution is 6.20. The van der Waals surface area contributed by atoms with Crippen LogP contribution in [-0.2, 0) is 4.79 Å². The maximum absolute atomic E-state index is 14.3. The van der Waals surface area contributed by atoms with Gasteiger partial charge in [0.1, 0.15) is 11.6 Å². The Kier molecular flexibility index (Phi) is 6.52. The Balaban J connectivity index is 1.92. The van der Waals surface area contributed by atoms with E-state index >= 15 is 0 Å². The Morgan fingerprint density at radius 2 is 1.76 bits per heavy atom. The Morgan fingerprint density at radius 3 is 2.34 bits per heavy atom. The zero-order valence-corrected chi connectivity index (χ0v) is 16.9. The standard InChI is InChI=1S/C23H27F2N3O/c1-3-27(4-2)23(29)22(17-6-5-7-18(24)14-17)16-10-12-28(13-11-16)21-9-8-19(26)15-20(21)25/h5-9,14-15H,3-4,10-13,26H2,1-2H3. The predicted octanol–water partition coefficient (Wildman–Crippen LogP) is 4.47. The number of anilines is 2. The van der Waals surface area contributed by atoms with E-state index in [1.165, 1.54) is 18.2 Å². The molecule has 1 aliphatic heterocycles. The van der Waals surface area contributed by atoms with Crippen molar-refractivity contribution in [2.45, 2.75) is 26.7 Å². The third-order valence-corrected chi connectivity index (χ3v) is 5.41. The van der Waals surface area contributed by atoms with Crippen molar-refractivity contribution < 1.29 is 13.6 Å². The lowest BCUT2D eigenvalue weighted by Crippen LogP contribution is -2.35. The molecule has 6 heteroatoms. The average Bonchev–Trinajstić information content (AvgIpc) is 2.70. The van der Waals surface area contributed by atoms with Crippen molar-refractivity contribution in [2.75, 3.05) is 36.8 Å². The second-order valence-electron chi connectivity index (χ2n) is 7.16. The average molecular weight is 399 g/mol. The molecule has 0 atom stereocenters. The minimum Gasteiger partial charge on any atom is -0.399 e. The van der Waals surface area contributed by atoms with E-state index in [1.54, 1.807) is 29.2 Å². The quantitative estimate of drug-likeness (QED) is 0.596. The normalized spacial score (nSPS) is 14.1. The van der Waals surface area contributed by atoms with Crippen LogP contribution in [0.3, 0.4) is 0 Å². The van der Waals surface area contributed by atoms with Crippen LogP contribution in [-0.4, -0.2) is 37.0 Å². The zero-order valence-electron chi connectivity index (χ0n) is 16.9. The fourth-order valence-electron chi connectivity index (χ4n) is 3.84. The molecule has 0 spiro atoms. The smallest absolute Gasteiger partial charge is 0.254 e. The molecule has 0 bridgehead atoms. The van der Waals surface area contributed by atoms with E-state index in [-0.39, 0.29) is 17.5 Å². The molecule has 0 aliphatic carbocycles. The number of carbonyl (C=O) groups is 1. The second-order valence-corrected chi connectivity index (χ2v) is 7.16. The highest BCUT2D eigenvalue weighted by Gasteiger charge is 2.25. The number of hydrogen-bond donors (Lipinski definition) is 1. The summed E-state index contributed by atoms with van der Waals surface area (Å²) in [5.74, 6) is -0.793. The molecule has 1 heterocycles. The first kappa shape index (κ1) is 20.8. The lowest BCUT2D eigenvalue weighted by molar-refractivity contribution is -0.124. The largest absolute Gasteiger partial charge is 0.399 e. The van der Waals surface area contributed by atoms with Crippen LogP contribution in [0.2, 0.25) is 0 Å². The monoisotopic (exact) mass is 399 g/mol. The summed E-state index contributed by atoms with van der Waals surface area (Å²) < 4.78 is 28.2. The number of amides is 1. The van der Waals surface area contributed by atoms with Gasteiger partial charge in [-0.2, -0.15) is 0 Å². The van der Waals surface area contributed by atoms with Crippen molar-refractivity contribution in [1.29, 1.82) is 0 Å². The van der Waals surface area contributed by atoms with E-state index in [0.717, 1.165) is 5.57 Å². The molecule has 4 nitrogen and oxygen atoms in total. The molecule has 29 heavy (non-hydrogen) atoms. The molecule has 1 aliphatic rings. The Morgan fingerprint density at radius 1 is 1.07 bits per heavy atom. The SMILES string of the molecule is CCN(CC)C(=O)C(=C1CCN(c2ccc(N)cc2F)CC1)c1cccc(F)c1. The van der Waals surface area contributed by atoms with Crippen molar-refractivity contribution in [3.05, 3.63) is 65.2 Å². The zero-order chi connectivity index (χ0) is 21.0. The van der Waals surface area contributed by atoms with Crippen molar-refractivity contribution in [3.63, 3.8) is 0 Å². The molecule has 1 saturated heterocycles. The number of piperidine rings is 1. The molecule has 2 aromatic rings. The lowest BCUT2D eigenvalue weighted by atomic mass is 9.91. The highest BCUT2D eigenvalue weighted by atomic mass is 19.1. The van der Waals surface area contributed by atoms with Crippen molar-refractivity contribution in [2.24, 2.45) is 0 Å². The number of carbonyl (C=O) groups excluding carboxylic acids is 1. The van der Waals surface area contributed by atoms with E-state index in [1.807, 2.05) is 18.7 Å². The van der Waals surface area contributed by atoms with Gasteiger partial charge in [0.2, 0.25) is 0 Å². The number of halogens is 2. The molecule has 0 unspecified atom stereocenters. The summed E-state index contributed by atoms with van der Waals surface area (Å²) in [6.45, 7) is 6.21. The first-order chi connectivity index (χ1) is 13.9. The summed E-state index contributed by atoms with van der Waals surface area (Å²) in [7, 11) is 0. The van der Waals surface area contributed by atoms with E-state index in [2.05, 4.69) is 0 Å². The van der Waals surface area contributed by atoms with Gasteiger partial charge < -0.3 is 15.5 Å². The van der Waals surface area contributed by atoms with Gasteiger partial charge in [-0.3, -0.25) is 4.79 Å². The first-order valence-corrected chi connectivity index (χ1v) is 10.0. The van der Waals surface area contributed by atoms with E-state index in [0.29, 0.717) is 61.5 Å². The van der Waals surface area contributed by atoms with E-state index in [4.69, 9.17) is 5.73 Å². The third kappa shape index (κ3) is 4.58. The van der Waals surface area contributed by atoms with Crippen LogP contribution in [0.15, 0.2) is 48.0 Å². The van der Waals surface area contributed by atoms with Crippen LogP contribution < -0.4 is 10.6 Å². The molecule has 1 fully saturated rings. The van der Waals surface area contributed by atoms with Crippen LogP contribution in [0.5, 0.6) is 0 Å². The number of nitrogens with zero attached hydrogens (tertiary/aromatic N) is 2. The molecule has 0 radical (unpaired) electrons. The molecule has 0 saturated carbocycles. The third-order valence-electron chi connectivity index (χ3n) is 5.41. The Hall–Kier alpha value is -2.89.